The predicted octanol–water partition coefficient (Wildman–Crippen LogP) is 4.49. The third kappa shape index (κ3) is 4.07. The maximum atomic E-state index is 12.4. The number of carbonyl (C=O) groups is 1. The molecule has 0 atom stereocenters. The SMILES string of the molecule is O=C(Nc1cnn(Cc2cccc(Cl)c2)c1)c1cc(-c2ccccc2)on1. The molecule has 134 valence electrons. The lowest BCUT2D eigenvalue weighted by atomic mass is 10.1. The van der Waals surface area contributed by atoms with Crippen molar-refractivity contribution in [3.8, 4) is 11.3 Å². The van der Waals surface area contributed by atoms with Crippen LogP contribution in [-0.2, 0) is 6.54 Å². The summed E-state index contributed by atoms with van der Waals surface area (Å²) in [6, 6.07) is 18.6. The van der Waals surface area contributed by atoms with Gasteiger partial charge in [0.1, 0.15) is 0 Å². The Morgan fingerprint density at radius 3 is 2.78 bits per heavy atom. The lowest BCUT2D eigenvalue weighted by Gasteiger charge is -2.02. The second-order valence-corrected chi connectivity index (χ2v) is 6.39. The van der Waals surface area contributed by atoms with Crippen LogP contribution >= 0.6 is 11.6 Å². The Bertz CT molecular complexity index is 1070. The summed E-state index contributed by atoms with van der Waals surface area (Å²) >= 11 is 6.00. The average Bonchev–Trinajstić information content (AvgIpc) is 3.32. The van der Waals surface area contributed by atoms with Crippen LogP contribution in [0.5, 0.6) is 0 Å². The first kappa shape index (κ1) is 17.1. The summed E-state index contributed by atoms with van der Waals surface area (Å²) in [5.74, 6) is 0.181. The Morgan fingerprint density at radius 1 is 1.11 bits per heavy atom. The zero-order chi connectivity index (χ0) is 18.6. The molecule has 4 rings (SSSR count). The number of halogens is 1. The summed E-state index contributed by atoms with van der Waals surface area (Å²) in [5, 5.41) is 11.5. The van der Waals surface area contributed by atoms with E-state index in [0.717, 1.165) is 11.1 Å². The van der Waals surface area contributed by atoms with E-state index in [1.807, 2.05) is 54.6 Å². The molecule has 0 radical (unpaired) electrons. The number of benzene rings is 2. The van der Waals surface area contributed by atoms with Gasteiger partial charge in [-0.05, 0) is 17.7 Å². The second kappa shape index (κ2) is 7.47. The van der Waals surface area contributed by atoms with Gasteiger partial charge in [-0.3, -0.25) is 9.48 Å². The Kier molecular flexibility index (Phi) is 4.72. The molecule has 0 aliphatic heterocycles. The molecular weight excluding hydrogens is 364 g/mol. The second-order valence-electron chi connectivity index (χ2n) is 5.95. The van der Waals surface area contributed by atoms with Crippen molar-refractivity contribution in [3.63, 3.8) is 0 Å². The monoisotopic (exact) mass is 378 g/mol. The Hall–Kier alpha value is -3.38. The molecule has 1 N–H and O–H groups in total. The van der Waals surface area contributed by atoms with E-state index in [2.05, 4.69) is 15.6 Å². The van der Waals surface area contributed by atoms with Crippen molar-refractivity contribution in [2.24, 2.45) is 0 Å². The molecule has 0 saturated carbocycles. The topological polar surface area (TPSA) is 73.0 Å². The number of nitrogens with zero attached hydrogens (tertiary/aromatic N) is 3. The van der Waals surface area contributed by atoms with Crippen LogP contribution in [-0.4, -0.2) is 20.8 Å². The lowest BCUT2D eigenvalue weighted by molar-refractivity contribution is 0.101. The number of carbonyl (C=O) groups excluding carboxylic acids is 1. The number of aromatic nitrogens is 3. The van der Waals surface area contributed by atoms with Crippen LogP contribution in [0.4, 0.5) is 5.69 Å². The van der Waals surface area contributed by atoms with Crippen molar-refractivity contribution in [1.82, 2.24) is 14.9 Å². The van der Waals surface area contributed by atoms with E-state index >= 15 is 0 Å². The fraction of sp³-hybridized carbons (Fsp3) is 0.0500. The molecule has 0 fully saturated rings. The van der Waals surface area contributed by atoms with Crippen LogP contribution in [0, 0.1) is 0 Å². The van der Waals surface area contributed by atoms with Gasteiger partial charge in [-0.15, -0.1) is 0 Å². The molecule has 1 amide bonds. The molecule has 4 aromatic rings. The van der Waals surface area contributed by atoms with Crippen LogP contribution in [0.2, 0.25) is 5.02 Å². The first-order valence-electron chi connectivity index (χ1n) is 8.28. The highest BCUT2D eigenvalue weighted by Gasteiger charge is 2.14. The van der Waals surface area contributed by atoms with Gasteiger partial charge in [-0.25, -0.2) is 0 Å². The molecule has 0 aliphatic carbocycles. The molecule has 6 nitrogen and oxygen atoms in total. The molecule has 0 saturated heterocycles. The first-order chi connectivity index (χ1) is 13.2. The summed E-state index contributed by atoms with van der Waals surface area (Å²) in [5.41, 5.74) is 2.66. The zero-order valence-corrected chi connectivity index (χ0v) is 14.9. The highest BCUT2D eigenvalue weighted by molar-refractivity contribution is 6.30. The fourth-order valence-corrected chi connectivity index (χ4v) is 2.87. The van der Waals surface area contributed by atoms with Crippen molar-refractivity contribution in [2.75, 3.05) is 5.32 Å². The van der Waals surface area contributed by atoms with Gasteiger partial charge in [0.15, 0.2) is 11.5 Å². The number of rotatable bonds is 5. The van der Waals surface area contributed by atoms with E-state index in [-0.39, 0.29) is 11.6 Å². The van der Waals surface area contributed by atoms with Crippen molar-refractivity contribution < 1.29 is 9.32 Å². The van der Waals surface area contributed by atoms with Gasteiger partial charge in [0.2, 0.25) is 0 Å². The summed E-state index contributed by atoms with van der Waals surface area (Å²) in [6.45, 7) is 0.554. The number of amides is 1. The van der Waals surface area contributed by atoms with E-state index < -0.39 is 0 Å². The zero-order valence-electron chi connectivity index (χ0n) is 14.2. The summed E-state index contributed by atoms with van der Waals surface area (Å²) in [7, 11) is 0. The van der Waals surface area contributed by atoms with Crippen molar-refractivity contribution in [2.45, 2.75) is 6.54 Å². The first-order valence-corrected chi connectivity index (χ1v) is 8.65. The van der Waals surface area contributed by atoms with Crippen LogP contribution in [0.3, 0.4) is 0 Å². The van der Waals surface area contributed by atoms with Crippen molar-refractivity contribution in [1.29, 1.82) is 0 Å². The van der Waals surface area contributed by atoms with E-state index in [1.165, 1.54) is 0 Å². The minimum Gasteiger partial charge on any atom is -0.355 e. The van der Waals surface area contributed by atoms with Crippen LogP contribution < -0.4 is 5.32 Å². The third-order valence-corrected chi connectivity index (χ3v) is 4.16. The molecule has 2 aromatic carbocycles. The largest absolute Gasteiger partial charge is 0.355 e. The molecule has 0 unspecified atom stereocenters. The maximum absolute atomic E-state index is 12.4. The molecule has 0 bridgehead atoms. The van der Waals surface area contributed by atoms with Gasteiger partial charge in [0.25, 0.3) is 5.91 Å². The van der Waals surface area contributed by atoms with E-state index in [4.69, 9.17) is 16.1 Å². The van der Waals surface area contributed by atoms with Gasteiger partial charge in [0.05, 0.1) is 18.4 Å². The smallest absolute Gasteiger partial charge is 0.277 e. The fourth-order valence-electron chi connectivity index (χ4n) is 2.65. The highest BCUT2D eigenvalue weighted by Crippen LogP contribution is 2.20. The minimum atomic E-state index is -0.358. The molecule has 2 aromatic heterocycles. The maximum Gasteiger partial charge on any atom is 0.277 e. The Labute approximate surface area is 160 Å². The van der Waals surface area contributed by atoms with E-state index in [0.29, 0.717) is 23.0 Å². The quantitative estimate of drug-likeness (QED) is 0.555. The molecule has 27 heavy (non-hydrogen) atoms. The molecule has 0 spiro atoms. The van der Waals surface area contributed by atoms with Gasteiger partial charge >= 0.3 is 0 Å². The number of hydrogen-bond donors (Lipinski definition) is 1. The highest BCUT2D eigenvalue weighted by atomic mass is 35.5. The average molecular weight is 379 g/mol. The standard InChI is InChI=1S/C20H15ClN4O2/c21-16-8-4-5-14(9-16)12-25-13-17(11-22-25)23-20(26)18-10-19(27-24-18)15-6-2-1-3-7-15/h1-11,13H,12H2,(H,23,26). The van der Waals surface area contributed by atoms with Gasteiger partial charge in [-0.2, -0.15) is 5.10 Å². The Morgan fingerprint density at radius 2 is 1.96 bits per heavy atom. The van der Waals surface area contributed by atoms with Crippen molar-refractivity contribution >= 4 is 23.2 Å². The van der Waals surface area contributed by atoms with Gasteiger partial charge in [0, 0.05) is 22.8 Å². The normalized spacial score (nSPS) is 10.7. The van der Waals surface area contributed by atoms with Crippen LogP contribution in [0.15, 0.2) is 77.6 Å². The number of nitrogens with one attached hydrogen (secondary N) is 1. The summed E-state index contributed by atoms with van der Waals surface area (Å²) in [4.78, 5) is 12.4. The molecule has 7 heteroatoms. The molecule has 0 aliphatic rings. The molecular formula is C20H15ClN4O2. The minimum absolute atomic E-state index is 0.205. The predicted molar refractivity (Wildman–Crippen MR) is 103 cm³/mol. The van der Waals surface area contributed by atoms with E-state index in [9.17, 15) is 4.79 Å². The Balaban J connectivity index is 1.43. The third-order valence-electron chi connectivity index (χ3n) is 3.93. The lowest BCUT2D eigenvalue weighted by Crippen LogP contribution is -2.11. The molecule has 2 heterocycles. The van der Waals surface area contributed by atoms with E-state index in [1.54, 1.807) is 23.1 Å². The van der Waals surface area contributed by atoms with Crippen LogP contribution in [0.1, 0.15) is 16.1 Å². The summed E-state index contributed by atoms with van der Waals surface area (Å²) < 4.78 is 6.98. The van der Waals surface area contributed by atoms with Gasteiger partial charge in [-0.1, -0.05) is 59.2 Å². The number of anilines is 1. The van der Waals surface area contributed by atoms with Crippen LogP contribution in [0.25, 0.3) is 11.3 Å². The van der Waals surface area contributed by atoms with Crippen molar-refractivity contribution in [3.05, 3.63) is 89.3 Å². The van der Waals surface area contributed by atoms with Gasteiger partial charge < -0.3 is 9.84 Å². The summed E-state index contributed by atoms with van der Waals surface area (Å²) in [6.07, 6.45) is 3.33. The number of hydrogen-bond acceptors (Lipinski definition) is 4.